The van der Waals surface area contributed by atoms with Crippen molar-refractivity contribution < 1.29 is 17.7 Å². The molecule has 1 aromatic rings. The van der Waals surface area contributed by atoms with Crippen molar-refractivity contribution in [1.82, 2.24) is 15.0 Å². The molecule has 1 saturated heterocycles. The lowest BCUT2D eigenvalue weighted by atomic mass is 9.97. The van der Waals surface area contributed by atoms with E-state index in [-0.39, 0.29) is 13.0 Å². The third kappa shape index (κ3) is 3.22. The molecule has 1 atom stereocenters. The number of piperidine rings is 1. The van der Waals surface area contributed by atoms with Gasteiger partial charge in [-0.1, -0.05) is 12.1 Å². The van der Waals surface area contributed by atoms with Crippen molar-refractivity contribution in [3.63, 3.8) is 0 Å². The van der Waals surface area contributed by atoms with Crippen molar-refractivity contribution in [2.45, 2.75) is 38.9 Å². The molecule has 1 fully saturated rings. The highest BCUT2D eigenvalue weighted by atomic mass is 19.4. The van der Waals surface area contributed by atoms with Gasteiger partial charge < -0.3 is 4.52 Å². The fourth-order valence-electron chi connectivity index (χ4n) is 2.16. The minimum absolute atomic E-state index is 0.0212. The maximum Gasteiger partial charge on any atom is 0.393 e. The van der Waals surface area contributed by atoms with Gasteiger partial charge in [-0.05, 0) is 19.4 Å². The van der Waals surface area contributed by atoms with Gasteiger partial charge >= 0.3 is 6.18 Å². The minimum Gasteiger partial charge on any atom is -0.338 e. The number of halogens is 3. The lowest BCUT2D eigenvalue weighted by Crippen LogP contribution is -2.41. The van der Waals surface area contributed by atoms with Crippen molar-refractivity contribution in [1.29, 1.82) is 0 Å². The number of nitrogens with zero attached hydrogens (tertiary/aromatic N) is 3. The molecule has 0 aromatic carbocycles. The summed E-state index contributed by atoms with van der Waals surface area (Å²) in [4.78, 5) is 5.84. The van der Waals surface area contributed by atoms with E-state index in [1.165, 1.54) is 0 Å². The number of hydrogen-bond donors (Lipinski definition) is 0. The highest BCUT2D eigenvalue weighted by molar-refractivity contribution is 4.87. The number of aryl methyl sites for hydroxylation is 1. The highest BCUT2D eigenvalue weighted by Crippen LogP contribution is 2.33. The van der Waals surface area contributed by atoms with Gasteiger partial charge in [0.1, 0.15) is 0 Å². The maximum atomic E-state index is 12.6. The predicted octanol–water partition coefficient (Wildman–Crippen LogP) is 2.41. The molecule has 2 heterocycles. The Kier molecular flexibility index (Phi) is 3.89. The standard InChI is InChI=1S/C11H16F3N3O/c1-2-9-15-10(18-16-9)7-17-5-3-4-8(6-17)11(12,13)14/h8H,2-7H2,1H3. The van der Waals surface area contributed by atoms with Gasteiger partial charge in [0.2, 0.25) is 5.89 Å². The molecular weight excluding hydrogens is 247 g/mol. The zero-order chi connectivity index (χ0) is 13.2. The van der Waals surface area contributed by atoms with E-state index in [0.29, 0.717) is 37.6 Å². The molecule has 0 saturated carbocycles. The molecule has 1 unspecified atom stereocenters. The van der Waals surface area contributed by atoms with E-state index >= 15 is 0 Å². The Morgan fingerprint density at radius 2 is 2.22 bits per heavy atom. The second kappa shape index (κ2) is 5.26. The first kappa shape index (κ1) is 13.3. The van der Waals surface area contributed by atoms with Crippen LogP contribution in [0.2, 0.25) is 0 Å². The van der Waals surface area contributed by atoms with Crippen LogP contribution in [0, 0.1) is 5.92 Å². The van der Waals surface area contributed by atoms with Gasteiger partial charge in [0.05, 0.1) is 12.5 Å². The van der Waals surface area contributed by atoms with E-state index in [2.05, 4.69) is 10.1 Å². The fraction of sp³-hybridized carbons (Fsp3) is 0.818. The third-order valence-electron chi connectivity index (χ3n) is 3.15. The van der Waals surface area contributed by atoms with Gasteiger partial charge in [-0.2, -0.15) is 18.2 Å². The van der Waals surface area contributed by atoms with Crippen LogP contribution in [0.25, 0.3) is 0 Å². The second-order valence-electron chi connectivity index (χ2n) is 4.57. The van der Waals surface area contributed by atoms with E-state index < -0.39 is 12.1 Å². The summed E-state index contributed by atoms with van der Waals surface area (Å²) in [7, 11) is 0. The van der Waals surface area contributed by atoms with Gasteiger partial charge in [-0.25, -0.2) is 0 Å². The molecule has 7 heteroatoms. The summed E-state index contributed by atoms with van der Waals surface area (Å²) in [5, 5.41) is 3.73. The Labute approximate surface area is 103 Å². The van der Waals surface area contributed by atoms with Crippen LogP contribution in [0.1, 0.15) is 31.5 Å². The van der Waals surface area contributed by atoms with Crippen molar-refractivity contribution in [2.75, 3.05) is 13.1 Å². The van der Waals surface area contributed by atoms with Crippen molar-refractivity contribution in [2.24, 2.45) is 5.92 Å². The van der Waals surface area contributed by atoms with E-state index in [4.69, 9.17) is 4.52 Å². The zero-order valence-electron chi connectivity index (χ0n) is 10.2. The van der Waals surface area contributed by atoms with Gasteiger partial charge in [0, 0.05) is 13.0 Å². The van der Waals surface area contributed by atoms with Crippen LogP contribution in [0.15, 0.2) is 4.52 Å². The molecule has 0 radical (unpaired) electrons. The Bertz CT molecular complexity index is 391. The number of hydrogen-bond acceptors (Lipinski definition) is 4. The molecular formula is C11H16F3N3O. The van der Waals surface area contributed by atoms with Gasteiger partial charge in [-0.15, -0.1) is 0 Å². The molecule has 102 valence electrons. The molecule has 0 N–H and O–H groups in total. The molecule has 0 aliphatic carbocycles. The Morgan fingerprint density at radius 1 is 1.44 bits per heavy atom. The normalized spacial score (nSPS) is 22.3. The van der Waals surface area contributed by atoms with Crippen LogP contribution < -0.4 is 0 Å². The highest BCUT2D eigenvalue weighted by Gasteiger charge is 2.41. The van der Waals surface area contributed by atoms with E-state index in [0.717, 1.165) is 0 Å². The van der Waals surface area contributed by atoms with E-state index in [1.807, 2.05) is 6.92 Å². The lowest BCUT2D eigenvalue weighted by molar-refractivity contribution is -0.187. The number of rotatable bonds is 3. The number of likely N-dealkylation sites (tertiary alicyclic amines) is 1. The zero-order valence-corrected chi connectivity index (χ0v) is 10.2. The molecule has 1 aliphatic rings. The Balaban J connectivity index is 1.93. The fourth-order valence-corrected chi connectivity index (χ4v) is 2.16. The summed E-state index contributed by atoms with van der Waals surface area (Å²) in [6.07, 6.45) is -2.68. The van der Waals surface area contributed by atoms with Crippen LogP contribution in [-0.4, -0.2) is 34.3 Å². The van der Waals surface area contributed by atoms with Crippen molar-refractivity contribution >= 4 is 0 Å². The summed E-state index contributed by atoms with van der Waals surface area (Å²) in [6, 6.07) is 0. The SMILES string of the molecule is CCc1noc(CN2CCCC(C(F)(F)F)C2)n1. The molecule has 0 bridgehead atoms. The average molecular weight is 263 g/mol. The number of aromatic nitrogens is 2. The maximum absolute atomic E-state index is 12.6. The molecule has 0 spiro atoms. The summed E-state index contributed by atoms with van der Waals surface area (Å²) in [6.45, 7) is 2.87. The topological polar surface area (TPSA) is 42.2 Å². The lowest BCUT2D eigenvalue weighted by Gasteiger charge is -2.32. The molecule has 4 nitrogen and oxygen atoms in total. The molecule has 1 aromatic heterocycles. The van der Waals surface area contributed by atoms with Crippen LogP contribution in [-0.2, 0) is 13.0 Å². The second-order valence-corrected chi connectivity index (χ2v) is 4.57. The van der Waals surface area contributed by atoms with E-state index in [1.54, 1.807) is 4.90 Å². The van der Waals surface area contributed by atoms with Crippen LogP contribution >= 0.6 is 0 Å². The van der Waals surface area contributed by atoms with Crippen molar-refractivity contribution in [3.8, 4) is 0 Å². The first-order chi connectivity index (χ1) is 8.49. The first-order valence-electron chi connectivity index (χ1n) is 6.09. The smallest absolute Gasteiger partial charge is 0.338 e. The third-order valence-corrected chi connectivity index (χ3v) is 3.15. The molecule has 0 amide bonds. The first-order valence-corrected chi connectivity index (χ1v) is 6.09. The van der Waals surface area contributed by atoms with Crippen LogP contribution in [0.5, 0.6) is 0 Å². The van der Waals surface area contributed by atoms with Crippen LogP contribution in [0.3, 0.4) is 0 Å². The van der Waals surface area contributed by atoms with Gasteiger partial charge in [0.25, 0.3) is 0 Å². The van der Waals surface area contributed by atoms with Gasteiger partial charge in [-0.3, -0.25) is 4.90 Å². The summed E-state index contributed by atoms with van der Waals surface area (Å²) >= 11 is 0. The monoisotopic (exact) mass is 263 g/mol. The Morgan fingerprint density at radius 3 is 2.83 bits per heavy atom. The average Bonchev–Trinajstić information content (AvgIpc) is 2.76. The number of alkyl halides is 3. The van der Waals surface area contributed by atoms with Crippen LogP contribution in [0.4, 0.5) is 13.2 Å². The van der Waals surface area contributed by atoms with Gasteiger partial charge in [0.15, 0.2) is 5.82 Å². The summed E-state index contributed by atoms with van der Waals surface area (Å²) in [5.74, 6) is -0.246. The summed E-state index contributed by atoms with van der Waals surface area (Å²) in [5.41, 5.74) is 0. The predicted molar refractivity (Wildman–Crippen MR) is 57.7 cm³/mol. The summed E-state index contributed by atoms with van der Waals surface area (Å²) < 4.78 is 42.9. The van der Waals surface area contributed by atoms with Crippen molar-refractivity contribution in [3.05, 3.63) is 11.7 Å². The largest absolute Gasteiger partial charge is 0.393 e. The molecule has 18 heavy (non-hydrogen) atoms. The van der Waals surface area contributed by atoms with E-state index in [9.17, 15) is 13.2 Å². The molecule has 2 rings (SSSR count). The minimum atomic E-state index is -4.11. The Hall–Kier alpha value is -1.11. The molecule has 1 aliphatic heterocycles. The quantitative estimate of drug-likeness (QED) is 0.839.